The molecule has 0 saturated heterocycles. The van der Waals surface area contributed by atoms with Crippen molar-refractivity contribution in [1.82, 2.24) is 0 Å². The summed E-state index contributed by atoms with van der Waals surface area (Å²) in [4.78, 5) is 12.3. The highest BCUT2D eigenvalue weighted by molar-refractivity contribution is 5.69. The quantitative estimate of drug-likeness (QED) is 0.305. The molecule has 0 aromatic carbocycles. The molecule has 1 unspecified atom stereocenters. The molecule has 180 valence electrons. The van der Waals surface area contributed by atoms with Gasteiger partial charge >= 0.3 is 11.9 Å². The SMILES string of the molecule is [2H]C([2H])(C/C=C1\C[C@H]2C[C@@H](O)[C@H](/C=C/[C@@H](O)C(C)C(F)(F)C#CC)[C@H]2C1)C([2H])([2H])C(=O)OC(C)(C)C. The number of rotatable bonds is 8. The van der Waals surface area contributed by atoms with E-state index in [9.17, 15) is 23.8 Å². The first kappa shape index (κ1) is 20.9. The molecule has 0 aliphatic heterocycles. The number of hydrogen-bond acceptors (Lipinski definition) is 4. The van der Waals surface area contributed by atoms with E-state index in [2.05, 4.69) is 5.92 Å². The summed E-state index contributed by atoms with van der Waals surface area (Å²) in [5.41, 5.74) is -0.0477. The summed E-state index contributed by atoms with van der Waals surface area (Å²) in [6.45, 7) is 7.27. The van der Waals surface area contributed by atoms with Gasteiger partial charge in [0.15, 0.2) is 0 Å². The van der Waals surface area contributed by atoms with Crippen molar-refractivity contribution in [3.63, 3.8) is 0 Å². The second-order valence-corrected chi connectivity index (χ2v) is 9.74. The van der Waals surface area contributed by atoms with Crippen LogP contribution >= 0.6 is 0 Å². The van der Waals surface area contributed by atoms with E-state index in [1.807, 2.05) is 5.92 Å². The van der Waals surface area contributed by atoms with Crippen molar-refractivity contribution in [3.05, 3.63) is 23.8 Å². The largest absolute Gasteiger partial charge is 0.460 e. The molecule has 32 heavy (non-hydrogen) atoms. The van der Waals surface area contributed by atoms with Gasteiger partial charge in [0.25, 0.3) is 0 Å². The number of carbonyl (C=O) groups excluding carboxylic acids is 1. The molecule has 0 heterocycles. The Balaban J connectivity index is 2.08. The Morgan fingerprint density at radius 2 is 2.06 bits per heavy atom. The van der Waals surface area contributed by atoms with Crippen molar-refractivity contribution in [3.8, 4) is 11.8 Å². The molecule has 0 aromatic heterocycles. The number of aliphatic hydroxyl groups excluding tert-OH is 2. The van der Waals surface area contributed by atoms with Crippen molar-refractivity contribution in [2.75, 3.05) is 0 Å². The summed E-state index contributed by atoms with van der Waals surface area (Å²) >= 11 is 0. The molecule has 6 heteroatoms. The Morgan fingerprint density at radius 1 is 1.38 bits per heavy atom. The lowest BCUT2D eigenvalue weighted by molar-refractivity contribution is -0.154. The van der Waals surface area contributed by atoms with Gasteiger partial charge in [0.05, 0.1) is 18.1 Å². The third-order valence-electron chi connectivity index (χ3n) is 6.10. The first-order valence-corrected chi connectivity index (χ1v) is 11.1. The standard InChI is InChI=1S/C26H38F2O4/c1-6-13-26(27,28)17(2)22(29)12-11-20-21-15-18(14-19(21)16-23(20)30)9-7-8-10-24(31)32-25(3,4)5/h9,11-12,17,19-23,29-30H,7-8,10,14-16H2,1-5H3/b12-11+,18-9+/t17?,19-,20+,21-,22+,23+/m0/s1/i8D2,10D2. The Hall–Kier alpha value is -1.71. The molecule has 2 saturated carbocycles. The lowest BCUT2D eigenvalue weighted by Gasteiger charge is -2.23. The van der Waals surface area contributed by atoms with Crippen LogP contribution in [0.15, 0.2) is 23.8 Å². The van der Waals surface area contributed by atoms with Crippen molar-refractivity contribution in [2.45, 2.75) is 96.8 Å². The van der Waals surface area contributed by atoms with Crippen LogP contribution in [0.2, 0.25) is 0 Å². The van der Waals surface area contributed by atoms with Crippen LogP contribution < -0.4 is 0 Å². The molecule has 2 aliphatic rings. The minimum absolute atomic E-state index is 0.00515. The smallest absolute Gasteiger partial charge is 0.313 e. The summed E-state index contributed by atoms with van der Waals surface area (Å²) in [7, 11) is 0. The van der Waals surface area contributed by atoms with E-state index in [0.29, 0.717) is 19.3 Å². The zero-order valence-corrected chi connectivity index (χ0v) is 19.5. The van der Waals surface area contributed by atoms with Gasteiger partial charge in [-0.15, -0.1) is 5.92 Å². The van der Waals surface area contributed by atoms with E-state index < -0.39 is 48.4 Å². The first-order valence-electron chi connectivity index (χ1n) is 13.1. The number of allylic oxidation sites excluding steroid dienone is 2. The number of alkyl halides is 2. The Morgan fingerprint density at radius 3 is 2.69 bits per heavy atom. The summed E-state index contributed by atoms with van der Waals surface area (Å²) in [5.74, 6) is -2.27. The second kappa shape index (κ2) is 10.9. The topological polar surface area (TPSA) is 66.8 Å². The van der Waals surface area contributed by atoms with Crippen LogP contribution in [-0.2, 0) is 9.53 Å². The molecule has 6 atom stereocenters. The molecule has 0 radical (unpaired) electrons. The van der Waals surface area contributed by atoms with E-state index in [4.69, 9.17) is 10.2 Å². The third kappa shape index (κ3) is 7.42. The normalized spacial score (nSPS) is 31.7. The van der Waals surface area contributed by atoms with Crippen molar-refractivity contribution < 1.29 is 34.0 Å². The van der Waals surface area contributed by atoms with Crippen molar-refractivity contribution >= 4 is 5.97 Å². The predicted molar refractivity (Wildman–Crippen MR) is 121 cm³/mol. The molecule has 2 N–H and O–H groups in total. The van der Waals surface area contributed by atoms with Gasteiger partial charge in [-0.05, 0) is 77.5 Å². The fourth-order valence-corrected chi connectivity index (χ4v) is 4.47. The molecule has 0 spiro atoms. The predicted octanol–water partition coefficient (Wildman–Crippen LogP) is 5.04. The fourth-order valence-electron chi connectivity index (χ4n) is 4.47. The van der Waals surface area contributed by atoms with Gasteiger partial charge in [-0.2, -0.15) is 8.78 Å². The number of fused-ring (bicyclic) bond motifs is 1. The lowest BCUT2D eigenvalue weighted by atomic mass is 9.89. The molecule has 2 fully saturated rings. The Labute approximate surface area is 196 Å². The van der Waals surface area contributed by atoms with Crippen LogP contribution in [0.25, 0.3) is 0 Å². The van der Waals surface area contributed by atoms with Gasteiger partial charge in [-0.1, -0.05) is 30.7 Å². The van der Waals surface area contributed by atoms with E-state index in [1.165, 1.54) is 19.9 Å². The molecule has 0 bridgehead atoms. The third-order valence-corrected chi connectivity index (χ3v) is 6.10. The zero-order valence-electron chi connectivity index (χ0n) is 23.5. The molecule has 2 rings (SSSR count). The van der Waals surface area contributed by atoms with Crippen LogP contribution in [0.3, 0.4) is 0 Å². The van der Waals surface area contributed by atoms with Gasteiger partial charge in [0.2, 0.25) is 0 Å². The number of aliphatic hydroxyl groups is 2. The van der Waals surface area contributed by atoms with Gasteiger partial charge < -0.3 is 14.9 Å². The maximum atomic E-state index is 14.0. The van der Waals surface area contributed by atoms with E-state index in [-0.39, 0.29) is 24.2 Å². The highest BCUT2D eigenvalue weighted by Gasteiger charge is 2.45. The van der Waals surface area contributed by atoms with Gasteiger partial charge in [0.1, 0.15) is 5.60 Å². The monoisotopic (exact) mass is 456 g/mol. The zero-order chi connectivity index (χ0) is 27.7. The number of hydrogen-bond donors (Lipinski definition) is 2. The van der Waals surface area contributed by atoms with Gasteiger partial charge in [-0.25, -0.2) is 0 Å². The number of esters is 1. The lowest BCUT2D eigenvalue weighted by Crippen LogP contribution is -2.33. The number of carbonyl (C=O) groups is 1. The summed E-state index contributed by atoms with van der Waals surface area (Å²) in [5, 5.41) is 20.8. The van der Waals surface area contributed by atoms with Crippen LogP contribution in [0.1, 0.15) is 78.5 Å². The average Bonchev–Trinajstić information content (AvgIpc) is 3.25. The fraction of sp³-hybridized carbons (Fsp3) is 0.731. The van der Waals surface area contributed by atoms with E-state index >= 15 is 0 Å². The molecular formula is C26H38F2O4. The minimum Gasteiger partial charge on any atom is -0.460 e. The van der Waals surface area contributed by atoms with Gasteiger partial charge in [-0.3, -0.25) is 4.79 Å². The van der Waals surface area contributed by atoms with E-state index in [1.54, 1.807) is 32.9 Å². The number of ether oxygens (including phenoxy) is 1. The van der Waals surface area contributed by atoms with Gasteiger partial charge in [0, 0.05) is 17.8 Å². The van der Waals surface area contributed by atoms with Crippen LogP contribution in [0, 0.1) is 35.5 Å². The average molecular weight is 457 g/mol. The second-order valence-electron chi connectivity index (χ2n) is 9.74. The molecular weight excluding hydrogens is 414 g/mol. The minimum atomic E-state index is -3.35. The summed E-state index contributed by atoms with van der Waals surface area (Å²) in [6, 6.07) is 0. The van der Waals surface area contributed by atoms with Crippen molar-refractivity contribution in [2.24, 2.45) is 23.7 Å². The molecule has 0 aromatic rings. The summed E-state index contributed by atoms with van der Waals surface area (Å²) < 4.78 is 65.5. The van der Waals surface area contributed by atoms with E-state index in [0.717, 1.165) is 5.57 Å². The summed E-state index contributed by atoms with van der Waals surface area (Å²) in [6.07, 6.45) is -1.64. The van der Waals surface area contributed by atoms with Crippen LogP contribution in [-0.4, -0.2) is 39.9 Å². The van der Waals surface area contributed by atoms with Crippen molar-refractivity contribution in [1.29, 1.82) is 0 Å². The molecule has 4 nitrogen and oxygen atoms in total. The number of halogens is 2. The Kier molecular flexibility index (Phi) is 7.13. The Bertz CT molecular complexity index is 930. The maximum Gasteiger partial charge on any atom is 0.313 e. The first-order chi connectivity index (χ1) is 16.3. The van der Waals surface area contributed by atoms with Crippen LogP contribution in [0.4, 0.5) is 8.78 Å². The molecule has 2 aliphatic carbocycles. The van der Waals surface area contributed by atoms with Crippen LogP contribution in [0.5, 0.6) is 0 Å². The molecule has 0 amide bonds. The maximum absolute atomic E-state index is 14.0. The highest BCUT2D eigenvalue weighted by Crippen LogP contribution is 2.50. The highest BCUT2D eigenvalue weighted by atomic mass is 19.3.